The number of aromatic nitrogens is 1. The fourth-order valence-electron chi connectivity index (χ4n) is 4.10. The number of Topliss-reactive ketones (excluding diaryl/α,β-unsaturated/α-hetero) is 1. The van der Waals surface area contributed by atoms with Gasteiger partial charge in [0.25, 0.3) is 0 Å². The molecule has 0 amide bonds. The topological polar surface area (TPSA) is 66.2 Å². The predicted octanol–water partition coefficient (Wildman–Crippen LogP) is 2.82. The number of hydrogen-bond donors (Lipinski definition) is 0. The number of pyridine rings is 1. The van der Waals surface area contributed by atoms with Crippen LogP contribution in [0.1, 0.15) is 34.5 Å². The van der Waals surface area contributed by atoms with Gasteiger partial charge in [-0.2, -0.15) is 5.26 Å². The van der Waals surface area contributed by atoms with Gasteiger partial charge in [-0.1, -0.05) is 30.3 Å². The number of rotatable bonds is 4. The number of nitrogens with zero attached hydrogens (tertiary/aromatic N) is 3. The average Bonchev–Trinajstić information content (AvgIpc) is 2.68. The molecule has 2 aliphatic rings. The van der Waals surface area contributed by atoms with Gasteiger partial charge in [-0.05, 0) is 30.5 Å². The first-order valence-electron chi connectivity index (χ1n) is 9.02. The molecular formula is C21H21N3O2. The highest BCUT2D eigenvalue weighted by molar-refractivity contribution is 5.97. The van der Waals surface area contributed by atoms with Gasteiger partial charge in [0.15, 0.2) is 5.78 Å². The molecule has 3 heterocycles. The highest BCUT2D eigenvalue weighted by Gasteiger charge is 2.41. The van der Waals surface area contributed by atoms with Gasteiger partial charge in [0.2, 0.25) is 0 Å². The number of nitriles is 1. The van der Waals surface area contributed by atoms with E-state index in [0.29, 0.717) is 24.5 Å². The van der Waals surface area contributed by atoms with Gasteiger partial charge < -0.3 is 4.74 Å². The number of carbonyl (C=O) groups excluding carboxylic acids is 1. The molecule has 5 heteroatoms. The van der Waals surface area contributed by atoms with Crippen molar-refractivity contribution < 1.29 is 9.53 Å². The zero-order valence-electron chi connectivity index (χ0n) is 14.5. The fraction of sp³-hybridized carbons (Fsp3) is 0.381. The van der Waals surface area contributed by atoms with E-state index in [4.69, 9.17) is 10.00 Å². The Bertz CT molecular complexity index is 799. The number of benzene rings is 1. The molecule has 26 heavy (non-hydrogen) atoms. The number of ketones is 1. The van der Waals surface area contributed by atoms with E-state index in [9.17, 15) is 4.79 Å². The Kier molecular flexibility index (Phi) is 4.79. The van der Waals surface area contributed by atoms with Crippen LogP contribution in [0, 0.1) is 17.2 Å². The molecular weight excluding hydrogens is 326 g/mol. The van der Waals surface area contributed by atoms with Gasteiger partial charge in [-0.15, -0.1) is 0 Å². The van der Waals surface area contributed by atoms with Crippen LogP contribution in [0.2, 0.25) is 0 Å². The van der Waals surface area contributed by atoms with Crippen molar-refractivity contribution in [3.63, 3.8) is 0 Å². The first-order valence-corrected chi connectivity index (χ1v) is 9.02. The second-order valence-corrected chi connectivity index (χ2v) is 7.08. The molecule has 0 N–H and O–H groups in total. The molecule has 1 aromatic heterocycles. The molecule has 0 radical (unpaired) electrons. The molecule has 2 saturated heterocycles. The fourth-order valence-corrected chi connectivity index (χ4v) is 4.10. The molecule has 2 atom stereocenters. The SMILES string of the molecule is N#Cc1ccc(C(=O)C2CC3COCC(C2)N3Cc2ccccc2)cn1. The number of fused-ring (bicyclic) bond motifs is 2. The standard InChI is InChI=1S/C21H21N3O2/c22-10-18-7-6-16(11-23-18)21(25)17-8-19-13-26-14-20(9-17)24(19)12-15-4-2-1-3-5-15/h1-7,11,17,19-20H,8-9,12-14H2. The monoisotopic (exact) mass is 347 g/mol. The molecule has 2 fully saturated rings. The maximum atomic E-state index is 12.9. The van der Waals surface area contributed by atoms with E-state index in [1.165, 1.54) is 11.8 Å². The van der Waals surface area contributed by atoms with Gasteiger partial charge in [-0.3, -0.25) is 9.69 Å². The first-order chi connectivity index (χ1) is 12.7. The van der Waals surface area contributed by atoms with Gasteiger partial charge in [-0.25, -0.2) is 4.98 Å². The molecule has 0 saturated carbocycles. The zero-order chi connectivity index (χ0) is 17.9. The minimum atomic E-state index is -0.00402. The molecule has 0 spiro atoms. The minimum absolute atomic E-state index is 0.00402. The zero-order valence-corrected chi connectivity index (χ0v) is 14.5. The summed E-state index contributed by atoms with van der Waals surface area (Å²) in [6.07, 6.45) is 3.15. The lowest BCUT2D eigenvalue weighted by atomic mass is 9.80. The lowest BCUT2D eigenvalue weighted by molar-refractivity contribution is -0.0872. The summed E-state index contributed by atoms with van der Waals surface area (Å²) in [5.74, 6) is 0.133. The summed E-state index contributed by atoms with van der Waals surface area (Å²) >= 11 is 0. The van der Waals surface area contributed by atoms with Crippen molar-refractivity contribution in [1.82, 2.24) is 9.88 Å². The van der Waals surface area contributed by atoms with Crippen LogP contribution in [0.4, 0.5) is 0 Å². The van der Waals surface area contributed by atoms with Crippen LogP contribution in [-0.4, -0.2) is 41.0 Å². The number of hydrogen-bond acceptors (Lipinski definition) is 5. The van der Waals surface area contributed by atoms with Crippen molar-refractivity contribution >= 4 is 5.78 Å². The van der Waals surface area contributed by atoms with Crippen molar-refractivity contribution in [2.24, 2.45) is 5.92 Å². The molecule has 132 valence electrons. The lowest BCUT2D eigenvalue weighted by Crippen LogP contribution is -2.57. The van der Waals surface area contributed by atoms with Crippen molar-refractivity contribution in [3.8, 4) is 6.07 Å². The van der Waals surface area contributed by atoms with Crippen molar-refractivity contribution in [2.45, 2.75) is 31.5 Å². The van der Waals surface area contributed by atoms with Gasteiger partial charge >= 0.3 is 0 Å². The third-order valence-electron chi connectivity index (χ3n) is 5.41. The third kappa shape index (κ3) is 3.39. The maximum Gasteiger partial charge on any atom is 0.167 e. The number of carbonyl (C=O) groups is 1. The van der Waals surface area contributed by atoms with Crippen LogP contribution in [0.25, 0.3) is 0 Å². The van der Waals surface area contributed by atoms with Gasteiger partial charge in [0.05, 0.1) is 13.2 Å². The number of piperidine rings is 1. The van der Waals surface area contributed by atoms with E-state index in [1.807, 2.05) is 12.1 Å². The average molecular weight is 347 g/mol. The summed E-state index contributed by atoms with van der Waals surface area (Å²) in [5, 5.41) is 8.86. The molecule has 1 aromatic carbocycles. The predicted molar refractivity (Wildman–Crippen MR) is 96.4 cm³/mol. The van der Waals surface area contributed by atoms with E-state index in [0.717, 1.165) is 19.4 Å². The van der Waals surface area contributed by atoms with Crippen molar-refractivity contribution in [2.75, 3.05) is 13.2 Å². The van der Waals surface area contributed by atoms with Gasteiger partial charge in [0.1, 0.15) is 11.8 Å². The largest absolute Gasteiger partial charge is 0.378 e. The number of ether oxygens (including phenoxy) is 1. The Labute approximate surface area is 153 Å². The maximum absolute atomic E-state index is 12.9. The smallest absolute Gasteiger partial charge is 0.167 e. The van der Waals surface area contributed by atoms with Crippen LogP contribution in [0.15, 0.2) is 48.7 Å². The Hall–Kier alpha value is -2.55. The molecule has 2 bridgehead atoms. The van der Waals surface area contributed by atoms with Gasteiger partial charge in [0, 0.05) is 36.3 Å². The molecule has 0 aliphatic carbocycles. The van der Waals surface area contributed by atoms with E-state index >= 15 is 0 Å². The minimum Gasteiger partial charge on any atom is -0.378 e. The third-order valence-corrected chi connectivity index (χ3v) is 5.41. The summed E-state index contributed by atoms with van der Waals surface area (Å²) < 4.78 is 5.77. The summed E-state index contributed by atoms with van der Waals surface area (Å²) in [6, 6.07) is 16.3. The molecule has 4 rings (SSSR count). The van der Waals surface area contributed by atoms with Crippen molar-refractivity contribution in [1.29, 1.82) is 5.26 Å². The summed E-state index contributed by atoms with van der Waals surface area (Å²) in [7, 11) is 0. The van der Waals surface area contributed by atoms with E-state index in [1.54, 1.807) is 12.1 Å². The molecule has 2 aliphatic heterocycles. The Morgan fingerprint density at radius 2 is 1.88 bits per heavy atom. The summed E-state index contributed by atoms with van der Waals surface area (Å²) in [4.78, 5) is 19.5. The van der Waals surface area contributed by atoms with E-state index in [2.05, 4.69) is 34.1 Å². The number of morpholine rings is 1. The van der Waals surface area contributed by atoms with E-state index in [-0.39, 0.29) is 23.8 Å². The van der Waals surface area contributed by atoms with Crippen LogP contribution >= 0.6 is 0 Å². The molecule has 2 aromatic rings. The second kappa shape index (κ2) is 7.36. The van der Waals surface area contributed by atoms with Crippen LogP contribution < -0.4 is 0 Å². The Morgan fingerprint density at radius 3 is 2.50 bits per heavy atom. The quantitative estimate of drug-likeness (QED) is 0.796. The lowest BCUT2D eigenvalue weighted by Gasteiger charge is -2.48. The normalized spacial score (nSPS) is 25.4. The highest BCUT2D eigenvalue weighted by Crippen LogP contribution is 2.34. The first kappa shape index (κ1) is 16.9. The molecule has 2 unspecified atom stereocenters. The highest BCUT2D eigenvalue weighted by atomic mass is 16.5. The second-order valence-electron chi connectivity index (χ2n) is 7.08. The Balaban J connectivity index is 1.48. The van der Waals surface area contributed by atoms with Crippen LogP contribution in [-0.2, 0) is 11.3 Å². The van der Waals surface area contributed by atoms with E-state index < -0.39 is 0 Å². The summed E-state index contributed by atoms with van der Waals surface area (Å²) in [5.41, 5.74) is 2.24. The van der Waals surface area contributed by atoms with Crippen LogP contribution in [0.5, 0.6) is 0 Å². The Morgan fingerprint density at radius 1 is 1.15 bits per heavy atom. The molecule has 5 nitrogen and oxygen atoms in total. The summed E-state index contributed by atoms with van der Waals surface area (Å²) in [6.45, 7) is 2.26. The van der Waals surface area contributed by atoms with Crippen molar-refractivity contribution in [3.05, 3.63) is 65.5 Å². The van der Waals surface area contributed by atoms with Crippen LogP contribution in [0.3, 0.4) is 0 Å².